The first kappa shape index (κ1) is 20.6. The Hall–Kier alpha value is -1.70. The molecule has 0 fully saturated rings. The van der Waals surface area contributed by atoms with E-state index >= 15 is 0 Å². The lowest BCUT2D eigenvalue weighted by molar-refractivity contribution is 0.0506. The zero-order valence-corrected chi connectivity index (χ0v) is 17.9. The number of methoxy groups -OCH3 is 1. The van der Waals surface area contributed by atoms with Crippen molar-refractivity contribution < 1.29 is 9.47 Å². The predicted octanol–water partition coefficient (Wildman–Crippen LogP) is 4.26. The van der Waals surface area contributed by atoms with E-state index in [1.165, 1.54) is 32.9 Å². The summed E-state index contributed by atoms with van der Waals surface area (Å²) in [7, 11) is 3.96. The maximum atomic E-state index is 6.05. The zero-order chi connectivity index (χ0) is 19.3. The van der Waals surface area contributed by atoms with E-state index in [-0.39, 0.29) is 12.2 Å². The summed E-state index contributed by atoms with van der Waals surface area (Å²) < 4.78 is 11.2. The number of aliphatic imine (C=N–C) groups is 1. The van der Waals surface area contributed by atoms with Gasteiger partial charge >= 0.3 is 0 Å². The van der Waals surface area contributed by atoms with E-state index in [1.54, 1.807) is 7.11 Å². The van der Waals surface area contributed by atoms with Crippen molar-refractivity contribution in [3.05, 3.63) is 52.6 Å². The van der Waals surface area contributed by atoms with Crippen LogP contribution in [0.15, 0.2) is 35.3 Å². The normalized spacial score (nSPS) is 12.4. The van der Waals surface area contributed by atoms with Crippen LogP contribution in [0.5, 0.6) is 5.75 Å². The second-order valence-electron chi connectivity index (χ2n) is 7.59. The van der Waals surface area contributed by atoms with E-state index in [4.69, 9.17) is 9.47 Å². The van der Waals surface area contributed by atoms with Crippen LogP contribution in [0, 0.1) is 13.8 Å². The fraction of sp³-hybridized carbons (Fsp3) is 0.409. The van der Waals surface area contributed by atoms with E-state index in [9.17, 15) is 0 Å². The highest BCUT2D eigenvalue weighted by Gasteiger charge is 2.23. The van der Waals surface area contributed by atoms with Crippen molar-refractivity contribution in [2.75, 3.05) is 21.0 Å². The molecule has 0 radical (unpaired) electrons. The van der Waals surface area contributed by atoms with Gasteiger partial charge in [0.2, 0.25) is 0 Å². The molecule has 140 valence electrons. The molecule has 0 N–H and O–H groups in total. The Balaban J connectivity index is 2.57. The second kappa shape index (κ2) is 8.79. The van der Waals surface area contributed by atoms with E-state index < -0.39 is 0 Å². The summed E-state index contributed by atoms with van der Waals surface area (Å²) in [4.78, 5) is 4.22. The molecule has 0 saturated carbocycles. The third kappa shape index (κ3) is 5.16. The molecule has 1 atom stereocenters. The summed E-state index contributed by atoms with van der Waals surface area (Å²) in [5.41, 5.74) is 4.87. The summed E-state index contributed by atoms with van der Waals surface area (Å²) in [6.45, 7) is 11.2. The highest BCUT2D eigenvalue weighted by atomic mass is 31.1. The van der Waals surface area contributed by atoms with Crippen molar-refractivity contribution in [1.82, 2.24) is 0 Å². The highest BCUT2D eigenvalue weighted by Crippen LogP contribution is 2.34. The maximum absolute atomic E-state index is 6.05. The van der Waals surface area contributed by atoms with Gasteiger partial charge in [-0.15, -0.1) is 0 Å². The monoisotopic (exact) mass is 371 g/mol. The van der Waals surface area contributed by atoms with Gasteiger partial charge in [0.05, 0.1) is 0 Å². The van der Waals surface area contributed by atoms with Gasteiger partial charge < -0.3 is 9.47 Å². The van der Waals surface area contributed by atoms with Gasteiger partial charge in [-0.05, 0) is 42.3 Å². The molecule has 0 spiro atoms. The van der Waals surface area contributed by atoms with Gasteiger partial charge in [-0.25, -0.2) is 0 Å². The molecule has 0 saturated heterocycles. The summed E-state index contributed by atoms with van der Waals surface area (Å²) in [5.74, 6) is 0.947. The summed E-state index contributed by atoms with van der Waals surface area (Å²) in [6, 6.07) is 11.0. The Kier molecular flexibility index (Phi) is 6.97. The van der Waals surface area contributed by atoms with E-state index in [2.05, 4.69) is 69.9 Å². The van der Waals surface area contributed by atoms with E-state index in [0.29, 0.717) is 8.58 Å². The van der Waals surface area contributed by atoms with Gasteiger partial charge in [-0.2, -0.15) is 0 Å². The number of aryl methyl sites for hydroxylation is 2. The van der Waals surface area contributed by atoms with Crippen LogP contribution in [0.1, 0.15) is 43.0 Å². The largest absolute Gasteiger partial charge is 0.467 e. The SMILES string of the molecule is CN=Cc1cc(C)ccc1Pc1cc(C)cc(C(C)(C)C)c1OCOC. The van der Waals surface area contributed by atoms with Crippen LogP contribution >= 0.6 is 8.58 Å². The first-order chi connectivity index (χ1) is 12.3. The summed E-state index contributed by atoms with van der Waals surface area (Å²) >= 11 is 0. The smallest absolute Gasteiger partial charge is 0.188 e. The Bertz CT molecular complexity index is 791. The third-order valence-corrected chi connectivity index (χ3v) is 5.47. The van der Waals surface area contributed by atoms with Gasteiger partial charge in [-0.1, -0.05) is 53.1 Å². The molecule has 2 aromatic carbocycles. The van der Waals surface area contributed by atoms with Gasteiger partial charge in [0.25, 0.3) is 0 Å². The fourth-order valence-corrected chi connectivity index (χ4v) is 4.24. The second-order valence-corrected chi connectivity index (χ2v) is 8.92. The lowest BCUT2D eigenvalue weighted by Gasteiger charge is -2.26. The molecule has 0 aromatic heterocycles. The molecule has 2 rings (SSSR count). The van der Waals surface area contributed by atoms with Crippen LogP contribution in [0.25, 0.3) is 0 Å². The van der Waals surface area contributed by atoms with Crippen molar-refractivity contribution in [2.45, 2.75) is 40.0 Å². The Morgan fingerprint density at radius 3 is 2.38 bits per heavy atom. The average molecular weight is 371 g/mol. The lowest BCUT2D eigenvalue weighted by Crippen LogP contribution is -2.21. The molecule has 1 unspecified atom stereocenters. The van der Waals surface area contributed by atoms with E-state index in [0.717, 1.165) is 5.75 Å². The van der Waals surface area contributed by atoms with Crippen molar-refractivity contribution in [3.8, 4) is 5.75 Å². The number of hydrogen-bond acceptors (Lipinski definition) is 3. The lowest BCUT2D eigenvalue weighted by atomic mass is 9.85. The standard InChI is InChI=1S/C22H30NO2P/c1-15-8-9-19(17(10-15)13-23-6)26-20-12-16(2)11-18(22(3,4)5)21(20)25-14-24-7/h8-13,26H,14H2,1-7H3. The average Bonchev–Trinajstić information content (AvgIpc) is 2.55. The van der Waals surface area contributed by atoms with Crippen LogP contribution in [-0.4, -0.2) is 27.2 Å². The molecule has 0 bridgehead atoms. The molecule has 0 heterocycles. The molecular formula is C22H30NO2P. The van der Waals surface area contributed by atoms with Crippen LogP contribution in [-0.2, 0) is 10.2 Å². The Labute approximate surface area is 159 Å². The van der Waals surface area contributed by atoms with Crippen LogP contribution in [0.4, 0.5) is 0 Å². The minimum Gasteiger partial charge on any atom is -0.467 e. The topological polar surface area (TPSA) is 30.8 Å². The van der Waals surface area contributed by atoms with Crippen LogP contribution in [0.3, 0.4) is 0 Å². The molecular weight excluding hydrogens is 341 g/mol. The zero-order valence-electron chi connectivity index (χ0n) is 16.9. The molecule has 3 nitrogen and oxygen atoms in total. The Morgan fingerprint density at radius 2 is 1.77 bits per heavy atom. The van der Waals surface area contributed by atoms with E-state index in [1.807, 2.05) is 13.3 Å². The fourth-order valence-electron chi connectivity index (χ4n) is 2.88. The van der Waals surface area contributed by atoms with Crippen molar-refractivity contribution in [1.29, 1.82) is 0 Å². The summed E-state index contributed by atoms with van der Waals surface area (Å²) in [5, 5.41) is 2.48. The first-order valence-corrected chi connectivity index (χ1v) is 9.83. The Morgan fingerprint density at radius 1 is 1.04 bits per heavy atom. The molecule has 0 amide bonds. The molecule has 0 aliphatic rings. The number of benzene rings is 2. The van der Waals surface area contributed by atoms with Crippen molar-refractivity contribution >= 4 is 25.4 Å². The third-order valence-electron chi connectivity index (χ3n) is 4.11. The van der Waals surface area contributed by atoms with Gasteiger partial charge in [0.1, 0.15) is 5.75 Å². The summed E-state index contributed by atoms with van der Waals surface area (Å²) in [6.07, 6.45) is 1.94. The minimum absolute atomic E-state index is 0.00466. The predicted molar refractivity (Wildman–Crippen MR) is 115 cm³/mol. The quantitative estimate of drug-likeness (QED) is 0.432. The van der Waals surface area contributed by atoms with Crippen LogP contribution in [0.2, 0.25) is 0 Å². The van der Waals surface area contributed by atoms with Crippen molar-refractivity contribution in [2.24, 2.45) is 4.99 Å². The first-order valence-electron chi connectivity index (χ1n) is 8.83. The minimum atomic E-state index is -0.00466. The molecule has 0 aliphatic carbocycles. The van der Waals surface area contributed by atoms with Gasteiger partial charge in [0, 0.05) is 36.8 Å². The maximum Gasteiger partial charge on any atom is 0.188 e. The molecule has 26 heavy (non-hydrogen) atoms. The molecule has 4 heteroatoms. The van der Waals surface area contributed by atoms with Gasteiger partial charge in [0.15, 0.2) is 6.79 Å². The highest BCUT2D eigenvalue weighted by molar-refractivity contribution is 7.56. The van der Waals surface area contributed by atoms with Crippen molar-refractivity contribution in [3.63, 3.8) is 0 Å². The number of hydrogen-bond donors (Lipinski definition) is 0. The number of nitrogens with zero attached hydrogens (tertiary/aromatic N) is 1. The van der Waals surface area contributed by atoms with Gasteiger partial charge in [-0.3, -0.25) is 4.99 Å². The van der Waals surface area contributed by atoms with Crippen LogP contribution < -0.4 is 15.3 Å². The molecule has 2 aromatic rings. The molecule has 0 aliphatic heterocycles. The number of rotatable bonds is 6. The number of ether oxygens (including phenoxy) is 2.